The van der Waals surface area contributed by atoms with Crippen molar-refractivity contribution >= 4 is 11.6 Å². The molecule has 0 aliphatic heterocycles. The number of nitriles is 1. The van der Waals surface area contributed by atoms with Gasteiger partial charge in [-0.3, -0.25) is 0 Å². The van der Waals surface area contributed by atoms with Crippen LogP contribution in [0.3, 0.4) is 0 Å². The fourth-order valence-electron chi connectivity index (χ4n) is 1.73. The Morgan fingerprint density at radius 2 is 1.90 bits per heavy atom. The normalized spacial score (nSPS) is 11.0. The third-order valence-corrected chi connectivity index (χ3v) is 2.93. The van der Waals surface area contributed by atoms with E-state index in [2.05, 4.69) is 0 Å². The number of hydrogen-bond acceptors (Lipinski definition) is 2. The summed E-state index contributed by atoms with van der Waals surface area (Å²) in [6.45, 7) is -0.0461. The summed E-state index contributed by atoms with van der Waals surface area (Å²) in [5.41, 5.74) is -0.388. The van der Waals surface area contributed by atoms with Gasteiger partial charge in [-0.1, -0.05) is 23.7 Å². The van der Waals surface area contributed by atoms with Crippen LogP contribution in [0.5, 0.6) is 5.75 Å². The van der Waals surface area contributed by atoms with Crippen LogP contribution in [0.25, 0.3) is 0 Å². The summed E-state index contributed by atoms with van der Waals surface area (Å²) in [4.78, 5) is 0. The van der Waals surface area contributed by atoms with Gasteiger partial charge < -0.3 is 4.74 Å². The number of halogens is 4. The van der Waals surface area contributed by atoms with E-state index in [0.717, 1.165) is 12.1 Å². The van der Waals surface area contributed by atoms with E-state index in [-0.39, 0.29) is 17.9 Å². The third kappa shape index (κ3) is 3.89. The van der Waals surface area contributed by atoms with Gasteiger partial charge in [0, 0.05) is 5.02 Å². The van der Waals surface area contributed by atoms with Crippen molar-refractivity contribution in [3.8, 4) is 11.8 Å². The van der Waals surface area contributed by atoms with Gasteiger partial charge in [0.25, 0.3) is 0 Å². The summed E-state index contributed by atoms with van der Waals surface area (Å²) < 4.78 is 44.0. The van der Waals surface area contributed by atoms with Crippen LogP contribution < -0.4 is 4.74 Å². The molecule has 0 spiro atoms. The number of ether oxygens (including phenoxy) is 1. The number of rotatable bonds is 3. The average molecular weight is 312 g/mol. The first-order chi connectivity index (χ1) is 9.90. The van der Waals surface area contributed by atoms with Gasteiger partial charge in [-0.05, 0) is 35.9 Å². The minimum Gasteiger partial charge on any atom is -0.488 e. The SMILES string of the molecule is N#Cc1ccc(OCc2cccc(Cl)c2)c(C(F)(F)F)c1. The second-order valence-electron chi connectivity index (χ2n) is 4.24. The molecule has 0 amide bonds. The summed E-state index contributed by atoms with van der Waals surface area (Å²) in [6, 6.07) is 11.5. The minimum atomic E-state index is -4.59. The smallest absolute Gasteiger partial charge is 0.420 e. The van der Waals surface area contributed by atoms with E-state index in [1.165, 1.54) is 6.07 Å². The van der Waals surface area contributed by atoms with E-state index in [0.29, 0.717) is 10.6 Å². The molecule has 0 aliphatic rings. The molecule has 21 heavy (non-hydrogen) atoms. The molecule has 108 valence electrons. The van der Waals surface area contributed by atoms with Gasteiger partial charge in [0.15, 0.2) is 0 Å². The molecule has 6 heteroatoms. The molecule has 2 aromatic carbocycles. The Hall–Kier alpha value is -2.19. The summed E-state index contributed by atoms with van der Waals surface area (Å²) in [5, 5.41) is 9.16. The van der Waals surface area contributed by atoms with Crippen LogP contribution in [0.2, 0.25) is 5.02 Å². The number of benzene rings is 2. The van der Waals surface area contributed by atoms with Crippen molar-refractivity contribution < 1.29 is 17.9 Å². The molecule has 0 saturated carbocycles. The molecule has 2 nitrogen and oxygen atoms in total. The Balaban J connectivity index is 2.26. The maximum absolute atomic E-state index is 12.9. The topological polar surface area (TPSA) is 33.0 Å². The predicted molar refractivity (Wildman–Crippen MR) is 71.9 cm³/mol. The van der Waals surface area contributed by atoms with Gasteiger partial charge in [0.05, 0.1) is 17.2 Å². The van der Waals surface area contributed by atoms with Crippen LogP contribution in [-0.2, 0) is 12.8 Å². The van der Waals surface area contributed by atoms with Crippen molar-refractivity contribution in [1.82, 2.24) is 0 Å². The van der Waals surface area contributed by atoms with Gasteiger partial charge in [-0.2, -0.15) is 18.4 Å². The number of alkyl halides is 3. The van der Waals surface area contributed by atoms with E-state index in [1.54, 1.807) is 30.3 Å². The molecule has 0 aromatic heterocycles. The number of hydrogen-bond donors (Lipinski definition) is 0. The summed E-state index contributed by atoms with van der Waals surface area (Å²) in [5.74, 6) is -0.318. The van der Waals surface area contributed by atoms with E-state index in [1.807, 2.05) is 0 Å². The Morgan fingerprint density at radius 1 is 1.14 bits per heavy atom. The zero-order chi connectivity index (χ0) is 15.5. The minimum absolute atomic E-state index is 0.0461. The molecule has 0 saturated heterocycles. The van der Waals surface area contributed by atoms with Gasteiger partial charge in [0.2, 0.25) is 0 Å². The summed E-state index contributed by atoms with van der Waals surface area (Å²) in [7, 11) is 0. The van der Waals surface area contributed by atoms with E-state index in [9.17, 15) is 13.2 Å². The summed E-state index contributed by atoms with van der Waals surface area (Å²) in [6.07, 6.45) is -4.59. The van der Waals surface area contributed by atoms with Crippen LogP contribution in [0.1, 0.15) is 16.7 Å². The largest absolute Gasteiger partial charge is 0.488 e. The van der Waals surface area contributed by atoms with Crippen LogP contribution in [-0.4, -0.2) is 0 Å². The fraction of sp³-hybridized carbons (Fsp3) is 0.133. The molecular formula is C15H9ClF3NO. The lowest BCUT2D eigenvalue weighted by atomic mass is 10.1. The zero-order valence-corrected chi connectivity index (χ0v) is 11.4. The van der Waals surface area contributed by atoms with E-state index < -0.39 is 11.7 Å². The average Bonchev–Trinajstić information content (AvgIpc) is 2.44. The first-order valence-corrected chi connectivity index (χ1v) is 6.26. The second-order valence-corrected chi connectivity index (χ2v) is 4.68. The Kier molecular flexibility index (Phi) is 4.39. The molecule has 0 N–H and O–H groups in total. The zero-order valence-electron chi connectivity index (χ0n) is 10.6. The lowest BCUT2D eigenvalue weighted by Gasteiger charge is -2.14. The number of nitrogens with zero attached hydrogens (tertiary/aromatic N) is 1. The van der Waals surface area contributed by atoms with Crippen molar-refractivity contribution in [1.29, 1.82) is 5.26 Å². The highest BCUT2D eigenvalue weighted by Gasteiger charge is 2.34. The maximum atomic E-state index is 12.9. The Bertz CT molecular complexity index is 692. The molecular weight excluding hydrogens is 303 g/mol. The molecule has 0 aliphatic carbocycles. The van der Waals surface area contributed by atoms with Crippen LogP contribution in [0, 0.1) is 11.3 Å². The lowest BCUT2D eigenvalue weighted by molar-refractivity contribution is -0.139. The van der Waals surface area contributed by atoms with Gasteiger partial charge in [-0.25, -0.2) is 0 Å². The van der Waals surface area contributed by atoms with E-state index >= 15 is 0 Å². The molecule has 2 aromatic rings. The molecule has 2 rings (SSSR count). The standard InChI is InChI=1S/C15H9ClF3NO/c16-12-3-1-2-11(6-12)9-21-14-5-4-10(8-20)7-13(14)15(17,18)19/h1-7H,9H2. The van der Waals surface area contributed by atoms with Crippen molar-refractivity contribution in [3.05, 3.63) is 64.2 Å². The highest BCUT2D eigenvalue weighted by molar-refractivity contribution is 6.30. The fourth-order valence-corrected chi connectivity index (χ4v) is 1.95. The monoisotopic (exact) mass is 311 g/mol. The molecule has 0 fully saturated rings. The van der Waals surface area contributed by atoms with Gasteiger partial charge in [0.1, 0.15) is 12.4 Å². The highest BCUT2D eigenvalue weighted by Crippen LogP contribution is 2.37. The van der Waals surface area contributed by atoms with Gasteiger partial charge in [-0.15, -0.1) is 0 Å². The van der Waals surface area contributed by atoms with Crippen LogP contribution in [0.4, 0.5) is 13.2 Å². The first-order valence-electron chi connectivity index (χ1n) is 5.89. The second kappa shape index (κ2) is 6.06. The van der Waals surface area contributed by atoms with Crippen molar-refractivity contribution in [2.75, 3.05) is 0 Å². The lowest BCUT2D eigenvalue weighted by Crippen LogP contribution is -2.09. The molecule has 0 heterocycles. The van der Waals surface area contributed by atoms with Gasteiger partial charge >= 0.3 is 6.18 Å². The predicted octanol–water partition coefficient (Wildman–Crippen LogP) is 4.81. The molecule has 0 unspecified atom stereocenters. The highest BCUT2D eigenvalue weighted by atomic mass is 35.5. The molecule has 0 bridgehead atoms. The summed E-state index contributed by atoms with van der Waals surface area (Å²) >= 11 is 5.80. The van der Waals surface area contributed by atoms with Crippen molar-refractivity contribution in [3.63, 3.8) is 0 Å². The Morgan fingerprint density at radius 3 is 2.52 bits per heavy atom. The molecule has 0 atom stereocenters. The first kappa shape index (κ1) is 15.2. The maximum Gasteiger partial charge on any atom is 0.420 e. The van der Waals surface area contributed by atoms with Crippen LogP contribution >= 0.6 is 11.6 Å². The quantitative estimate of drug-likeness (QED) is 0.815. The van der Waals surface area contributed by atoms with Crippen molar-refractivity contribution in [2.24, 2.45) is 0 Å². The van der Waals surface area contributed by atoms with E-state index in [4.69, 9.17) is 21.6 Å². The van der Waals surface area contributed by atoms with Crippen molar-refractivity contribution in [2.45, 2.75) is 12.8 Å². The Labute approximate surface area is 124 Å². The third-order valence-electron chi connectivity index (χ3n) is 2.70. The molecule has 0 radical (unpaired) electrons. The van der Waals surface area contributed by atoms with Crippen LogP contribution in [0.15, 0.2) is 42.5 Å².